The van der Waals surface area contributed by atoms with E-state index < -0.39 is 26.5 Å². The number of halogens is 1. The maximum atomic E-state index is 12.1. The van der Waals surface area contributed by atoms with Gasteiger partial charge < -0.3 is 5.32 Å². The highest BCUT2D eigenvalue weighted by molar-refractivity contribution is 7.91. The van der Waals surface area contributed by atoms with E-state index in [1.54, 1.807) is 6.92 Å². The first-order valence-corrected chi connectivity index (χ1v) is 8.00. The highest BCUT2D eigenvalue weighted by atomic mass is 35.5. The Hall–Kier alpha value is -1.23. The van der Waals surface area contributed by atoms with Gasteiger partial charge in [-0.2, -0.15) is 4.31 Å². The van der Waals surface area contributed by atoms with Crippen LogP contribution in [0.1, 0.15) is 6.92 Å². The van der Waals surface area contributed by atoms with Crippen LogP contribution >= 0.6 is 22.9 Å². The molecule has 0 aliphatic carbocycles. The van der Waals surface area contributed by atoms with Gasteiger partial charge >= 0.3 is 0 Å². The Balaban J connectivity index is 3.01. The lowest BCUT2D eigenvalue weighted by Gasteiger charge is -2.14. The van der Waals surface area contributed by atoms with Crippen LogP contribution in [0.15, 0.2) is 10.3 Å². The molecule has 1 heterocycles. The second-order valence-corrected chi connectivity index (χ2v) is 7.62. The first-order valence-electron chi connectivity index (χ1n) is 5.37. The maximum Gasteiger partial charge on any atom is 0.300 e. The summed E-state index contributed by atoms with van der Waals surface area (Å²) in [5.74, 6) is -0.462. The van der Waals surface area contributed by atoms with Crippen LogP contribution in [0.2, 0.25) is 4.34 Å². The molecule has 1 aromatic heterocycles. The third-order valence-corrected chi connectivity index (χ3v) is 5.84. The highest BCUT2D eigenvalue weighted by Gasteiger charge is 2.29. The molecule has 0 aliphatic heterocycles. The van der Waals surface area contributed by atoms with Crippen LogP contribution in [0, 0.1) is 10.1 Å². The molecule has 0 radical (unpaired) electrons. The SMILES string of the molecule is CCNC(=O)CN(C)S(=O)(=O)c1cc([N+](=O)[O-])c(Cl)s1. The predicted octanol–water partition coefficient (Wildman–Crippen LogP) is 1.07. The number of amides is 1. The Morgan fingerprint density at radius 2 is 2.20 bits per heavy atom. The summed E-state index contributed by atoms with van der Waals surface area (Å²) < 4.78 is 24.6. The van der Waals surface area contributed by atoms with Gasteiger partial charge in [-0.25, -0.2) is 8.42 Å². The quantitative estimate of drug-likeness (QED) is 0.614. The van der Waals surface area contributed by atoms with Gasteiger partial charge in [0.15, 0.2) is 4.34 Å². The van der Waals surface area contributed by atoms with Crippen molar-refractivity contribution >= 4 is 44.6 Å². The van der Waals surface area contributed by atoms with Crippen molar-refractivity contribution in [2.45, 2.75) is 11.1 Å². The molecule has 0 saturated heterocycles. The fourth-order valence-electron chi connectivity index (χ4n) is 1.28. The Labute approximate surface area is 124 Å². The van der Waals surface area contributed by atoms with Gasteiger partial charge in [0.25, 0.3) is 15.7 Å². The standard InChI is InChI=1S/C9H12ClN3O5S2/c1-3-11-7(14)5-12(2)20(17,18)8-4-6(13(15)16)9(10)19-8/h4H,3,5H2,1-2H3,(H,11,14). The normalized spacial score (nSPS) is 11.6. The van der Waals surface area contributed by atoms with Gasteiger partial charge in [-0.15, -0.1) is 11.3 Å². The molecule has 0 aliphatic rings. The van der Waals surface area contributed by atoms with E-state index >= 15 is 0 Å². The first-order chi connectivity index (χ1) is 9.20. The minimum atomic E-state index is -3.99. The zero-order valence-corrected chi connectivity index (χ0v) is 13.0. The van der Waals surface area contributed by atoms with E-state index in [0.29, 0.717) is 17.9 Å². The lowest BCUT2D eigenvalue weighted by Crippen LogP contribution is -2.37. The average Bonchev–Trinajstić information content (AvgIpc) is 2.72. The molecule has 1 N–H and O–H groups in total. The Bertz CT molecular complexity index is 628. The van der Waals surface area contributed by atoms with Crippen molar-refractivity contribution in [2.75, 3.05) is 20.1 Å². The molecule has 0 spiro atoms. The molecule has 1 aromatic rings. The van der Waals surface area contributed by atoms with Crippen LogP contribution in [-0.4, -0.2) is 43.7 Å². The minimum Gasteiger partial charge on any atom is -0.355 e. The van der Waals surface area contributed by atoms with E-state index in [4.69, 9.17) is 11.6 Å². The zero-order chi connectivity index (χ0) is 15.5. The smallest absolute Gasteiger partial charge is 0.300 e. The van der Waals surface area contributed by atoms with Gasteiger partial charge in [0.05, 0.1) is 11.5 Å². The van der Waals surface area contributed by atoms with Crippen molar-refractivity contribution in [3.05, 3.63) is 20.5 Å². The molecular formula is C9H12ClN3O5S2. The summed E-state index contributed by atoms with van der Waals surface area (Å²) in [6.45, 7) is 1.71. The fraction of sp³-hybridized carbons (Fsp3) is 0.444. The molecule has 0 atom stereocenters. The van der Waals surface area contributed by atoms with Gasteiger partial charge in [0, 0.05) is 19.7 Å². The van der Waals surface area contributed by atoms with Crippen LogP contribution in [-0.2, 0) is 14.8 Å². The molecule has 0 aromatic carbocycles. The van der Waals surface area contributed by atoms with Crippen LogP contribution in [0.3, 0.4) is 0 Å². The number of nitrogens with zero attached hydrogens (tertiary/aromatic N) is 2. The number of likely N-dealkylation sites (N-methyl/N-ethyl adjacent to an activating group) is 2. The van der Waals surface area contributed by atoms with Crippen molar-refractivity contribution in [1.29, 1.82) is 0 Å². The Morgan fingerprint density at radius 1 is 1.60 bits per heavy atom. The maximum absolute atomic E-state index is 12.1. The first kappa shape index (κ1) is 16.8. The molecule has 0 unspecified atom stereocenters. The van der Waals surface area contributed by atoms with Gasteiger partial charge in [-0.05, 0) is 6.92 Å². The minimum absolute atomic E-state index is 0.222. The van der Waals surface area contributed by atoms with E-state index in [9.17, 15) is 23.3 Å². The number of thiophene rings is 1. The van der Waals surface area contributed by atoms with E-state index in [1.165, 1.54) is 7.05 Å². The van der Waals surface area contributed by atoms with Gasteiger partial charge in [0.2, 0.25) is 5.91 Å². The van der Waals surface area contributed by atoms with E-state index in [1.807, 2.05) is 0 Å². The van der Waals surface area contributed by atoms with Crippen LogP contribution in [0.4, 0.5) is 5.69 Å². The second kappa shape index (κ2) is 6.48. The number of hydrogen-bond donors (Lipinski definition) is 1. The summed E-state index contributed by atoms with van der Waals surface area (Å²) in [5, 5.41) is 13.1. The van der Waals surface area contributed by atoms with Crippen LogP contribution in [0.25, 0.3) is 0 Å². The third-order valence-electron chi connectivity index (χ3n) is 2.25. The summed E-state index contributed by atoms with van der Waals surface area (Å²) in [6, 6.07) is 0.885. The van der Waals surface area contributed by atoms with Crippen molar-refractivity contribution in [2.24, 2.45) is 0 Å². The van der Waals surface area contributed by atoms with Crippen molar-refractivity contribution in [3.8, 4) is 0 Å². The number of carbonyl (C=O) groups is 1. The molecule has 11 heteroatoms. The largest absolute Gasteiger partial charge is 0.355 e. The van der Waals surface area contributed by atoms with E-state index in [2.05, 4.69) is 5.32 Å². The number of sulfonamides is 1. The summed E-state index contributed by atoms with van der Waals surface area (Å²) >= 11 is 6.20. The summed E-state index contributed by atoms with van der Waals surface area (Å²) in [6.07, 6.45) is 0. The molecule has 20 heavy (non-hydrogen) atoms. The Morgan fingerprint density at radius 3 is 2.65 bits per heavy atom. The molecule has 8 nitrogen and oxygen atoms in total. The molecule has 0 saturated carbocycles. The third kappa shape index (κ3) is 3.66. The van der Waals surface area contributed by atoms with E-state index in [0.717, 1.165) is 10.4 Å². The molecule has 0 fully saturated rings. The molecule has 112 valence electrons. The van der Waals surface area contributed by atoms with Gasteiger partial charge in [-0.1, -0.05) is 11.6 Å². The monoisotopic (exact) mass is 341 g/mol. The van der Waals surface area contributed by atoms with Gasteiger partial charge in [0.1, 0.15) is 4.21 Å². The molecular weight excluding hydrogens is 330 g/mol. The summed E-state index contributed by atoms with van der Waals surface area (Å²) in [7, 11) is -2.77. The van der Waals surface area contributed by atoms with Crippen LogP contribution in [0.5, 0.6) is 0 Å². The van der Waals surface area contributed by atoms with Crippen molar-refractivity contribution in [1.82, 2.24) is 9.62 Å². The Kier molecular flexibility index (Phi) is 5.45. The van der Waals surface area contributed by atoms with Crippen LogP contribution < -0.4 is 5.32 Å². The van der Waals surface area contributed by atoms with Gasteiger partial charge in [-0.3, -0.25) is 14.9 Å². The lowest BCUT2D eigenvalue weighted by atomic mass is 10.5. The summed E-state index contributed by atoms with van der Waals surface area (Å²) in [4.78, 5) is 21.3. The van der Waals surface area contributed by atoms with E-state index in [-0.39, 0.29) is 15.1 Å². The number of nitro groups is 1. The molecule has 1 amide bonds. The lowest BCUT2D eigenvalue weighted by molar-refractivity contribution is -0.384. The topological polar surface area (TPSA) is 110 Å². The zero-order valence-electron chi connectivity index (χ0n) is 10.6. The van der Waals surface area contributed by atoms with Crippen molar-refractivity contribution < 1.29 is 18.1 Å². The number of nitrogens with one attached hydrogen (secondary N) is 1. The molecule has 1 rings (SSSR count). The average molecular weight is 342 g/mol. The molecule has 0 bridgehead atoms. The predicted molar refractivity (Wildman–Crippen MR) is 74.5 cm³/mol. The number of rotatable bonds is 6. The number of carbonyl (C=O) groups excluding carboxylic acids is 1. The van der Waals surface area contributed by atoms with Crippen molar-refractivity contribution in [3.63, 3.8) is 0 Å². The number of hydrogen-bond acceptors (Lipinski definition) is 6. The summed E-state index contributed by atoms with van der Waals surface area (Å²) in [5.41, 5.74) is -0.471. The fourth-order valence-corrected chi connectivity index (χ4v) is 4.29. The second-order valence-electron chi connectivity index (χ2n) is 3.70. The highest BCUT2D eigenvalue weighted by Crippen LogP contribution is 2.37.